The van der Waals surface area contributed by atoms with Crippen molar-refractivity contribution in [3.63, 3.8) is 0 Å². The quantitative estimate of drug-likeness (QED) is 0.659. The highest BCUT2D eigenvalue weighted by Gasteiger charge is 2.31. The van der Waals surface area contributed by atoms with Gasteiger partial charge in [-0.1, -0.05) is 0 Å². The van der Waals surface area contributed by atoms with Crippen molar-refractivity contribution >= 4 is 5.91 Å². The molecule has 2 rings (SSSR count). The molecular weight excluding hydrogens is 196 g/mol. The van der Waals surface area contributed by atoms with Crippen molar-refractivity contribution in [2.45, 2.75) is 37.9 Å². The van der Waals surface area contributed by atoms with Gasteiger partial charge in [0, 0.05) is 19.7 Å². The molecule has 0 radical (unpaired) electrons. The largest absolute Gasteiger partial charge is 0.368 e. The van der Waals surface area contributed by atoms with Crippen molar-refractivity contribution in [2.24, 2.45) is 5.90 Å². The Morgan fingerprint density at radius 2 is 2.27 bits per heavy atom. The first-order chi connectivity index (χ1) is 7.31. The van der Waals surface area contributed by atoms with Crippen LogP contribution in [-0.4, -0.2) is 42.7 Å². The first-order valence-electron chi connectivity index (χ1n) is 5.57. The zero-order valence-electron chi connectivity index (χ0n) is 8.85. The van der Waals surface area contributed by atoms with Crippen LogP contribution in [0.2, 0.25) is 0 Å². The summed E-state index contributed by atoms with van der Waals surface area (Å²) in [6.07, 6.45) is 3.50. The lowest BCUT2D eigenvalue weighted by molar-refractivity contribution is -0.145. The molecule has 86 valence electrons. The molecule has 15 heavy (non-hydrogen) atoms. The summed E-state index contributed by atoms with van der Waals surface area (Å²) in [6, 6.07) is 0. The Kier molecular flexibility index (Phi) is 3.56. The van der Waals surface area contributed by atoms with E-state index in [1.54, 1.807) is 0 Å². The number of ether oxygens (including phenoxy) is 1. The number of rotatable bonds is 2. The van der Waals surface area contributed by atoms with Gasteiger partial charge in [0.2, 0.25) is 0 Å². The van der Waals surface area contributed by atoms with Crippen molar-refractivity contribution in [1.82, 2.24) is 4.90 Å². The van der Waals surface area contributed by atoms with E-state index in [1.807, 2.05) is 4.90 Å². The zero-order chi connectivity index (χ0) is 10.7. The van der Waals surface area contributed by atoms with Gasteiger partial charge in [-0.2, -0.15) is 0 Å². The molecule has 0 saturated carbocycles. The second-order valence-corrected chi connectivity index (χ2v) is 4.19. The first-order valence-corrected chi connectivity index (χ1v) is 5.57. The molecule has 2 saturated heterocycles. The lowest BCUT2D eigenvalue weighted by Gasteiger charge is -2.32. The molecule has 5 heteroatoms. The molecule has 0 aliphatic carbocycles. The van der Waals surface area contributed by atoms with E-state index in [4.69, 9.17) is 15.5 Å². The Morgan fingerprint density at radius 3 is 2.93 bits per heavy atom. The van der Waals surface area contributed by atoms with Crippen LogP contribution in [0.5, 0.6) is 0 Å². The lowest BCUT2D eigenvalue weighted by atomic mass is 10.1. The van der Waals surface area contributed by atoms with Crippen molar-refractivity contribution in [1.29, 1.82) is 0 Å². The molecule has 5 nitrogen and oxygen atoms in total. The maximum absolute atomic E-state index is 12.0. The summed E-state index contributed by atoms with van der Waals surface area (Å²) in [6.45, 7) is 2.12. The molecule has 2 aliphatic heterocycles. The van der Waals surface area contributed by atoms with Gasteiger partial charge in [-0.25, -0.2) is 5.90 Å². The average Bonchev–Trinajstić information content (AvgIpc) is 2.81. The third-order valence-corrected chi connectivity index (χ3v) is 3.09. The van der Waals surface area contributed by atoms with Gasteiger partial charge in [0.15, 0.2) is 0 Å². The van der Waals surface area contributed by atoms with E-state index in [0.717, 1.165) is 32.2 Å². The Morgan fingerprint density at radius 1 is 1.40 bits per heavy atom. The SMILES string of the molecule is NOC1CCCN(C(=O)C2CCCO2)C1. The fourth-order valence-corrected chi connectivity index (χ4v) is 2.23. The smallest absolute Gasteiger partial charge is 0.251 e. The van der Waals surface area contributed by atoms with E-state index in [-0.39, 0.29) is 18.1 Å². The van der Waals surface area contributed by atoms with Crippen LogP contribution in [0.4, 0.5) is 0 Å². The summed E-state index contributed by atoms with van der Waals surface area (Å²) >= 11 is 0. The third kappa shape index (κ3) is 2.48. The van der Waals surface area contributed by atoms with Crippen molar-refractivity contribution in [3.05, 3.63) is 0 Å². The predicted molar refractivity (Wildman–Crippen MR) is 53.8 cm³/mol. The van der Waals surface area contributed by atoms with Gasteiger partial charge in [-0.05, 0) is 25.7 Å². The molecule has 0 aromatic rings. The van der Waals surface area contributed by atoms with Gasteiger partial charge in [0.1, 0.15) is 6.10 Å². The Labute approximate surface area is 89.5 Å². The number of likely N-dealkylation sites (tertiary alicyclic amines) is 1. The second kappa shape index (κ2) is 4.92. The molecular formula is C10H18N2O3. The number of amides is 1. The van der Waals surface area contributed by atoms with E-state index in [9.17, 15) is 4.79 Å². The summed E-state index contributed by atoms with van der Waals surface area (Å²) in [5.41, 5.74) is 0. The number of carbonyl (C=O) groups is 1. The minimum Gasteiger partial charge on any atom is -0.368 e. The van der Waals surface area contributed by atoms with Gasteiger partial charge < -0.3 is 9.64 Å². The normalized spacial score (nSPS) is 31.9. The standard InChI is InChI=1S/C10H18N2O3/c11-15-8-3-1-5-12(7-8)10(13)9-4-2-6-14-9/h8-9H,1-7,11H2. The van der Waals surface area contributed by atoms with Gasteiger partial charge in [-0.3, -0.25) is 9.63 Å². The second-order valence-electron chi connectivity index (χ2n) is 4.19. The molecule has 0 bridgehead atoms. The fourth-order valence-electron chi connectivity index (χ4n) is 2.23. The highest BCUT2D eigenvalue weighted by atomic mass is 16.6. The first kappa shape index (κ1) is 10.9. The Hall–Kier alpha value is -0.650. The predicted octanol–water partition coefficient (Wildman–Crippen LogP) is 0.0467. The summed E-state index contributed by atoms with van der Waals surface area (Å²) in [5, 5.41) is 0. The van der Waals surface area contributed by atoms with Gasteiger partial charge >= 0.3 is 0 Å². The minimum absolute atomic E-state index is 0.0101. The molecule has 2 heterocycles. The Bertz CT molecular complexity index is 229. The van der Waals surface area contributed by atoms with Crippen molar-refractivity contribution in [3.8, 4) is 0 Å². The molecule has 1 amide bonds. The van der Waals surface area contributed by atoms with Crippen LogP contribution in [0.25, 0.3) is 0 Å². The van der Waals surface area contributed by atoms with Crippen LogP contribution in [0.15, 0.2) is 0 Å². The van der Waals surface area contributed by atoms with E-state index in [2.05, 4.69) is 0 Å². The summed E-state index contributed by atoms with van der Waals surface area (Å²) in [4.78, 5) is 18.6. The summed E-state index contributed by atoms with van der Waals surface area (Å²) < 4.78 is 5.37. The highest BCUT2D eigenvalue weighted by Crippen LogP contribution is 2.18. The van der Waals surface area contributed by atoms with Crippen LogP contribution < -0.4 is 5.90 Å². The van der Waals surface area contributed by atoms with E-state index in [1.165, 1.54) is 0 Å². The van der Waals surface area contributed by atoms with Gasteiger partial charge in [0.25, 0.3) is 5.91 Å². The highest BCUT2D eigenvalue weighted by molar-refractivity contribution is 5.81. The molecule has 2 atom stereocenters. The van der Waals surface area contributed by atoms with Crippen molar-refractivity contribution in [2.75, 3.05) is 19.7 Å². The minimum atomic E-state index is -0.221. The third-order valence-electron chi connectivity index (χ3n) is 3.09. The maximum Gasteiger partial charge on any atom is 0.251 e. The van der Waals surface area contributed by atoms with Crippen LogP contribution >= 0.6 is 0 Å². The van der Waals surface area contributed by atoms with E-state index in [0.29, 0.717) is 13.2 Å². The lowest BCUT2D eigenvalue weighted by Crippen LogP contribution is -2.47. The summed E-state index contributed by atoms with van der Waals surface area (Å²) in [5.74, 6) is 5.26. The molecule has 0 aromatic carbocycles. The number of hydrogen-bond donors (Lipinski definition) is 1. The number of hydrogen-bond acceptors (Lipinski definition) is 4. The number of piperidine rings is 1. The molecule has 2 N–H and O–H groups in total. The monoisotopic (exact) mass is 214 g/mol. The van der Waals surface area contributed by atoms with Gasteiger partial charge in [0.05, 0.1) is 6.10 Å². The van der Waals surface area contributed by atoms with Crippen LogP contribution in [0.3, 0.4) is 0 Å². The number of carbonyl (C=O) groups excluding carboxylic acids is 1. The molecule has 0 spiro atoms. The van der Waals surface area contributed by atoms with E-state index < -0.39 is 0 Å². The van der Waals surface area contributed by atoms with Gasteiger partial charge in [-0.15, -0.1) is 0 Å². The van der Waals surface area contributed by atoms with Crippen LogP contribution in [-0.2, 0) is 14.4 Å². The molecule has 2 unspecified atom stereocenters. The maximum atomic E-state index is 12.0. The zero-order valence-corrected chi connectivity index (χ0v) is 8.85. The van der Waals surface area contributed by atoms with Crippen LogP contribution in [0, 0.1) is 0 Å². The number of nitrogens with two attached hydrogens (primary N) is 1. The van der Waals surface area contributed by atoms with E-state index >= 15 is 0 Å². The number of nitrogens with zero attached hydrogens (tertiary/aromatic N) is 1. The topological polar surface area (TPSA) is 64.8 Å². The summed E-state index contributed by atoms with van der Waals surface area (Å²) in [7, 11) is 0. The Balaban J connectivity index is 1.88. The van der Waals surface area contributed by atoms with Crippen LogP contribution in [0.1, 0.15) is 25.7 Å². The molecule has 2 fully saturated rings. The molecule has 0 aromatic heterocycles. The van der Waals surface area contributed by atoms with Crippen molar-refractivity contribution < 1.29 is 14.4 Å². The fraction of sp³-hybridized carbons (Fsp3) is 0.900. The molecule has 2 aliphatic rings. The average molecular weight is 214 g/mol.